The summed E-state index contributed by atoms with van der Waals surface area (Å²) in [4.78, 5) is 11.1. The first-order valence-electron chi connectivity index (χ1n) is 10.1. The van der Waals surface area contributed by atoms with Gasteiger partial charge in [-0.1, -0.05) is 48.2 Å². The van der Waals surface area contributed by atoms with Crippen molar-refractivity contribution in [2.75, 3.05) is 29.9 Å². The van der Waals surface area contributed by atoms with Crippen LogP contribution in [-0.4, -0.2) is 34.7 Å². The number of benzene rings is 1. The topological polar surface area (TPSA) is 53.1 Å². The largest absolute Gasteiger partial charge is 0.361 e. The maximum atomic E-state index is 6.22. The molecule has 2 aromatic rings. The Labute approximate surface area is 187 Å². The highest BCUT2D eigenvalue weighted by Gasteiger charge is 2.35. The molecule has 154 valence electrons. The molecular formula is C21H25Cl2N5S. The Morgan fingerprint density at radius 1 is 1.03 bits per heavy atom. The quantitative estimate of drug-likeness (QED) is 0.484. The lowest BCUT2D eigenvalue weighted by Gasteiger charge is -2.30. The Morgan fingerprint density at radius 2 is 1.72 bits per heavy atom. The van der Waals surface area contributed by atoms with Gasteiger partial charge in [-0.25, -0.2) is 4.98 Å². The van der Waals surface area contributed by atoms with E-state index in [1.54, 1.807) is 0 Å². The Bertz CT molecular complexity index is 862. The predicted molar refractivity (Wildman–Crippen MR) is 124 cm³/mol. The summed E-state index contributed by atoms with van der Waals surface area (Å²) in [5, 5.41) is 8.19. The highest BCUT2D eigenvalue weighted by atomic mass is 35.5. The van der Waals surface area contributed by atoms with Crippen LogP contribution in [0.4, 0.5) is 11.8 Å². The van der Waals surface area contributed by atoms with Crippen LogP contribution in [0.5, 0.6) is 0 Å². The van der Waals surface area contributed by atoms with Crippen LogP contribution in [-0.2, 0) is 5.41 Å². The summed E-state index contributed by atoms with van der Waals surface area (Å²) in [5.41, 5.74) is 1.39. The molecule has 1 aliphatic heterocycles. The summed E-state index contributed by atoms with van der Waals surface area (Å²) in [6.07, 6.45) is 7.07. The van der Waals surface area contributed by atoms with Gasteiger partial charge in [0.1, 0.15) is 11.0 Å². The Balaban J connectivity index is 1.42. The molecule has 1 aromatic carbocycles. The van der Waals surface area contributed by atoms with Crippen LogP contribution in [0.3, 0.4) is 0 Å². The molecule has 0 radical (unpaired) electrons. The van der Waals surface area contributed by atoms with Gasteiger partial charge in [0.15, 0.2) is 5.11 Å². The number of nitrogens with zero attached hydrogens (tertiary/aromatic N) is 3. The number of nitrogens with one attached hydrogen (secondary N) is 2. The van der Waals surface area contributed by atoms with E-state index in [2.05, 4.69) is 37.6 Å². The minimum Gasteiger partial charge on any atom is -0.361 e. The van der Waals surface area contributed by atoms with Gasteiger partial charge in [0.05, 0.1) is 0 Å². The average molecular weight is 450 g/mol. The second-order valence-corrected chi connectivity index (χ2v) is 9.10. The molecule has 29 heavy (non-hydrogen) atoms. The van der Waals surface area contributed by atoms with Crippen molar-refractivity contribution >= 4 is 52.3 Å². The lowest BCUT2D eigenvalue weighted by atomic mass is 9.79. The number of hydrogen-bond donors (Lipinski definition) is 2. The van der Waals surface area contributed by atoms with E-state index in [4.69, 9.17) is 35.4 Å². The highest BCUT2D eigenvalue weighted by Crippen LogP contribution is 2.41. The van der Waals surface area contributed by atoms with E-state index in [1.807, 2.05) is 18.2 Å². The second kappa shape index (κ2) is 9.02. The van der Waals surface area contributed by atoms with E-state index in [0.717, 1.165) is 43.3 Å². The van der Waals surface area contributed by atoms with Crippen molar-refractivity contribution in [3.05, 3.63) is 46.1 Å². The molecule has 0 atom stereocenters. The van der Waals surface area contributed by atoms with Crippen LogP contribution >= 0.6 is 35.4 Å². The summed E-state index contributed by atoms with van der Waals surface area (Å²) in [5.74, 6) is 1.28. The maximum absolute atomic E-state index is 6.22. The van der Waals surface area contributed by atoms with Crippen LogP contribution < -0.4 is 15.5 Å². The van der Waals surface area contributed by atoms with Crippen LogP contribution in [0, 0.1) is 0 Å². The molecule has 2 aliphatic rings. The van der Waals surface area contributed by atoms with Crippen molar-refractivity contribution < 1.29 is 0 Å². The van der Waals surface area contributed by atoms with Crippen molar-refractivity contribution in [3.63, 3.8) is 0 Å². The molecule has 1 aliphatic carbocycles. The first kappa shape index (κ1) is 20.6. The maximum Gasteiger partial charge on any atom is 0.232 e. The summed E-state index contributed by atoms with van der Waals surface area (Å²) in [6.45, 7) is 2.76. The normalized spacial score (nSPS) is 18.1. The standard InChI is InChI=1S/C21H25Cl2N5S/c22-16-7-5-15(6-8-16)21(9-1-2-10-21)14-24-20(29)27-19-25-17(23)13-18(26-19)28-11-3-4-12-28/h5-8,13H,1-4,9-12,14H2,(H2,24,25,26,27,29). The van der Waals surface area contributed by atoms with Crippen molar-refractivity contribution in [3.8, 4) is 0 Å². The molecule has 2 heterocycles. The summed E-state index contributed by atoms with van der Waals surface area (Å²) >= 11 is 17.8. The van der Waals surface area contributed by atoms with E-state index in [1.165, 1.54) is 31.2 Å². The molecule has 1 aromatic heterocycles. The zero-order valence-corrected chi connectivity index (χ0v) is 18.6. The molecule has 0 unspecified atom stereocenters. The van der Waals surface area contributed by atoms with Crippen LogP contribution in [0.15, 0.2) is 30.3 Å². The highest BCUT2D eigenvalue weighted by molar-refractivity contribution is 7.80. The smallest absolute Gasteiger partial charge is 0.232 e. The van der Waals surface area contributed by atoms with Gasteiger partial charge < -0.3 is 15.5 Å². The Kier molecular flexibility index (Phi) is 6.42. The monoisotopic (exact) mass is 449 g/mol. The minimum absolute atomic E-state index is 0.0756. The average Bonchev–Trinajstić information content (AvgIpc) is 3.39. The summed E-state index contributed by atoms with van der Waals surface area (Å²) in [7, 11) is 0. The molecular weight excluding hydrogens is 425 g/mol. The van der Waals surface area contributed by atoms with Gasteiger partial charge in [-0.3, -0.25) is 0 Å². The van der Waals surface area contributed by atoms with E-state index in [9.17, 15) is 0 Å². The molecule has 1 saturated heterocycles. The van der Waals surface area contributed by atoms with Gasteiger partial charge in [-0.15, -0.1) is 0 Å². The van der Waals surface area contributed by atoms with E-state index < -0.39 is 0 Å². The number of rotatable bonds is 5. The number of aromatic nitrogens is 2. The lowest BCUT2D eigenvalue weighted by molar-refractivity contribution is 0.435. The van der Waals surface area contributed by atoms with Gasteiger partial charge in [-0.05, 0) is 55.6 Å². The van der Waals surface area contributed by atoms with Crippen LogP contribution in [0.2, 0.25) is 10.2 Å². The number of hydrogen-bond acceptors (Lipinski definition) is 4. The van der Waals surface area contributed by atoms with Gasteiger partial charge in [0.25, 0.3) is 0 Å². The van der Waals surface area contributed by atoms with E-state index in [-0.39, 0.29) is 5.41 Å². The minimum atomic E-state index is 0.0756. The zero-order valence-electron chi connectivity index (χ0n) is 16.3. The van der Waals surface area contributed by atoms with Crippen molar-refractivity contribution in [2.45, 2.75) is 43.9 Å². The molecule has 2 N–H and O–H groups in total. The third-order valence-electron chi connectivity index (χ3n) is 5.94. The zero-order chi connectivity index (χ0) is 20.3. The van der Waals surface area contributed by atoms with Crippen LogP contribution in [0.25, 0.3) is 0 Å². The fraction of sp³-hybridized carbons (Fsp3) is 0.476. The van der Waals surface area contributed by atoms with Crippen molar-refractivity contribution in [1.29, 1.82) is 0 Å². The first-order valence-corrected chi connectivity index (χ1v) is 11.3. The summed E-state index contributed by atoms with van der Waals surface area (Å²) < 4.78 is 0. The van der Waals surface area contributed by atoms with Crippen molar-refractivity contribution in [1.82, 2.24) is 15.3 Å². The fourth-order valence-corrected chi connectivity index (χ4v) is 4.85. The van der Waals surface area contributed by atoms with Gasteiger partial charge in [0, 0.05) is 36.1 Å². The summed E-state index contributed by atoms with van der Waals surface area (Å²) in [6, 6.07) is 10.0. The number of anilines is 2. The SMILES string of the molecule is S=C(NCC1(c2ccc(Cl)cc2)CCCC1)Nc1nc(Cl)cc(N2CCCC2)n1. The van der Waals surface area contributed by atoms with Crippen molar-refractivity contribution in [2.24, 2.45) is 0 Å². The molecule has 4 rings (SSSR count). The molecule has 0 bridgehead atoms. The molecule has 1 saturated carbocycles. The van der Waals surface area contributed by atoms with Gasteiger partial charge >= 0.3 is 0 Å². The molecule has 0 spiro atoms. The van der Waals surface area contributed by atoms with Gasteiger partial charge in [0.2, 0.25) is 5.95 Å². The third kappa shape index (κ3) is 4.93. The fourth-order valence-electron chi connectivity index (χ4n) is 4.39. The molecule has 8 heteroatoms. The molecule has 0 amide bonds. The third-order valence-corrected chi connectivity index (χ3v) is 6.63. The van der Waals surface area contributed by atoms with E-state index >= 15 is 0 Å². The first-order chi connectivity index (χ1) is 14.0. The Morgan fingerprint density at radius 3 is 2.41 bits per heavy atom. The predicted octanol–water partition coefficient (Wildman–Crippen LogP) is 5.18. The van der Waals surface area contributed by atoms with E-state index in [0.29, 0.717) is 16.2 Å². The lowest BCUT2D eigenvalue weighted by Crippen LogP contribution is -2.41. The molecule has 5 nitrogen and oxygen atoms in total. The number of halogens is 2. The number of thiocarbonyl (C=S) groups is 1. The second-order valence-electron chi connectivity index (χ2n) is 7.87. The van der Waals surface area contributed by atoms with Crippen LogP contribution in [0.1, 0.15) is 44.1 Å². The Hall–Kier alpha value is -1.63. The molecule has 2 fully saturated rings. The van der Waals surface area contributed by atoms with Gasteiger partial charge in [-0.2, -0.15) is 4.98 Å².